The number of anilines is 3. The number of ether oxygens (including phenoxy) is 1. The van der Waals surface area contributed by atoms with Crippen molar-refractivity contribution in [2.45, 2.75) is 47.1 Å². The van der Waals surface area contributed by atoms with Gasteiger partial charge in [-0.2, -0.15) is 0 Å². The molecule has 7 nitrogen and oxygen atoms in total. The number of benzene rings is 3. The van der Waals surface area contributed by atoms with E-state index in [1.165, 1.54) is 23.1 Å². The Labute approximate surface area is 281 Å². The summed E-state index contributed by atoms with van der Waals surface area (Å²) < 4.78 is 5.35. The molecule has 0 spiro atoms. The summed E-state index contributed by atoms with van der Waals surface area (Å²) in [6, 6.07) is 23.0. The average Bonchev–Trinajstić information content (AvgIpc) is 3.47. The van der Waals surface area contributed by atoms with Gasteiger partial charge in [0.05, 0.1) is 28.8 Å². The van der Waals surface area contributed by atoms with Gasteiger partial charge in [-0.3, -0.25) is 9.69 Å². The zero-order chi connectivity index (χ0) is 32.2. The highest BCUT2D eigenvalue weighted by Crippen LogP contribution is 2.44. The number of esters is 1. The Morgan fingerprint density at radius 3 is 2.57 bits per heavy atom. The number of hydrogen-bond acceptors (Lipinski definition) is 7. The number of nitrogens with zero attached hydrogens (tertiary/aromatic N) is 1. The molecular formula is C36H33N3O4S3. The molecule has 0 saturated carbocycles. The van der Waals surface area contributed by atoms with Crippen molar-refractivity contribution in [2.75, 3.05) is 22.1 Å². The standard InChI is InChI=1S/C36H33N3O4S3/c1-4-43-35(41)32-27(24-18-16-22(2)17-19-24)21-44-34(32)38-33(40)23(3)45-26-11-9-10-25(20-26)37-36(42)39-28-12-5-7-14-30(28)46-31-15-8-6-13-29(31)39/h5-21,23,28,30H,4H2,1-3H3,(H,37,42)(H,38,40). The van der Waals surface area contributed by atoms with Crippen LogP contribution < -0.4 is 15.5 Å². The minimum absolute atomic E-state index is 0.102. The first-order valence-electron chi connectivity index (χ1n) is 15.0. The third-order valence-corrected chi connectivity index (χ3v) is 10.9. The molecule has 4 aromatic rings. The van der Waals surface area contributed by atoms with Crippen molar-refractivity contribution < 1.29 is 19.1 Å². The molecule has 0 radical (unpaired) electrons. The molecular weight excluding hydrogens is 635 g/mol. The van der Waals surface area contributed by atoms with Crippen LogP contribution in [-0.2, 0) is 9.53 Å². The fourth-order valence-electron chi connectivity index (χ4n) is 5.33. The summed E-state index contributed by atoms with van der Waals surface area (Å²) >= 11 is 4.43. The van der Waals surface area contributed by atoms with E-state index >= 15 is 0 Å². The third kappa shape index (κ3) is 6.79. The normalized spacial score (nSPS) is 17.1. The van der Waals surface area contributed by atoms with Crippen LogP contribution in [0.25, 0.3) is 11.1 Å². The van der Waals surface area contributed by atoms with Crippen molar-refractivity contribution in [3.8, 4) is 11.1 Å². The molecule has 1 aromatic heterocycles. The van der Waals surface area contributed by atoms with Gasteiger partial charge in [-0.25, -0.2) is 9.59 Å². The number of aryl methyl sites for hydroxylation is 1. The van der Waals surface area contributed by atoms with Gasteiger partial charge in [-0.1, -0.05) is 72.3 Å². The number of allylic oxidation sites excluding steroid dienone is 2. The number of hydrogen-bond donors (Lipinski definition) is 2. The number of rotatable bonds is 8. The van der Waals surface area contributed by atoms with Crippen LogP contribution in [0.4, 0.5) is 21.2 Å². The molecule has 10 heteroatoms. The van der Waals surface area contributed by atoms with Crippen LogP contribution in [-0.4, -0.2) is 41.1 Å². The van der Waals surface area contributed by atoms with Crippen molar-refractivity contribution in [3.63, 3.8) is 0 Å². The number of carbonyl (C=O) groups excluding carboxylic acids is 3. The first kappa shape index (κ1) is 31.7. The molecule has 1 aliphatic carbocycles. The molecule has 1 aliphatic heterocycles. The zero-order valence-electron chi connectivity index (χ0n) is 25.6. The van der Waals surface area contributed by atoms with E-state index in [0.717, 1.165) is 32.2 Å². The molecule has 6 rings (SSSR count). The number of carbonyl (C=O) groups is 3. The fourth-order valence-corrected chi connectivity index (χ4v) is 8.47. The highest BCUT2D eigenvalue weighted by Gasteiger charge is 2.36. The molecule has 234 valence electrons. The number of para-hydroxylation sites is 1. The van der Waals surface area contributed by atoms with E-state index in [1.807, 2.05) is 109 Å². The molecule has 2 N–H and O–H groups in total. The Bertz CT molecular complexity index is 1830. The van der Waals surface area contributed by atoms with Crippen LogP contribution in [0.15, 0.2) is 112 Å². The number of thioether (sulfide) groups is 2. The summed E-state index contributed by atoms with van der Waals surface area (Å²) in [6.07, 6.45) is 8.19. The molecule has 2 heterocycles. The largest absolute Gasteiger partial charge is 0.462 e. The van der Waals surface area contributed by atoms with Crippen molar-refractivity contribution in [1.29, 1.82) is 0 Å². The van der Waals surface area contributed by atoms with E-state index in [-0.39, 0.29) is 29.8 Å². The number of urea groups is 1. The number of nitrogens with one attached hydrogen (secondary N) is 2. The second-order valence-corrected chi connectivity index (χ2v) is 14.3. The summed E-state index contributed by atoms with van der Waals surface area (Å²) in [4.78, 5) is 43.8. The molecule has 0 saturated heterocycles. The van der Waals surface area contributed by atoms with E-state index in [4.69, 9.17) is 4.74 Å². The van der Waals surface area contributed by atoms with Gasteiger partial charge in [-0.05, 0) is 56.7 Å². The van der Waals surface area contributed by atoms with Crippen LogP contribution in [0.5, 0.6) is 0 Å². The number of fused-ring (bicyclic) bond motifs is 2. The van der Waals surface area contributed by atoms with Crippen LogP contribution in [0.1, 0.15) is 29.8 Å². The van der Waals surface area contributed by atoms with E-state index in [9.17, 15) is 14.4 Å². The Kier molecular flexibility index (Phi) is 9.67. The maximum Gasteiger partial charge on any atom is 0.341 e. The first-order chi connectivity index (χ1) is 22.3. The van der Waals surface area contributed by atoms with Gasteiger partial charge in [0.2, 0.25) is 5.91 Å². The Hall–Kier alpha value is -4.25. The Balaban J connectivity index is 1.16. The van der Waals surface area contributed by atoms with Gasteiger partial charge in [0, 0.05) is 26.4 Å². The highest BCUT2D eigenvalue weighted by atomic mass is 32.2. The summed E-state index contributed by atoms with van der Waals surface area (Å²) in [5.41, 5.74) is 4.59. The summed E-state index contributed by atoms with van der Waals surface area (Å²) in [6.45, 7) is 5.81. The monoisotopic (exact) mass is 667 g/mol. The summed E-state index contributed by atoms with van der Waals surface area (Å²) in [7, 11) is 0. The van der Waals surface area contributed by atoms with Crippen molar-refractivity contribution in [2.24, 2.45) is 0 Å². The van der Waals surface area contributed by atoms with Crippen molar-refractivity contribution in [1.82, 2.24) is 0 Å². The van der Waals surface area contributed by atoms with Gasteiger partial charge in [0.1, 0.15) is 10.6 Å². The van der Waals surface area contributed by atoms with Crippen LogP contribution in [0.3, 0.4) is 0 Å². The van der Waals surface area contributed by atoms with E-state index in [2.05, 4.69) is 22.8 Å². The zero-order valence-corrected chi connectivity index (χ0v) is 28.0. The third-order valence-electron chi connectivity index (χ3n) is 7.60. The minimum atomic E-state index is -0.489. The minimum Gasteiger partial charge on any atom is -0.462 e. The van der Waals surface area contributed by atoms with Gasteiger partial charge in [0.25, 0.3) is 0 Å². The predicted octanol–water partition coefficient (Wildman–Crippen LogP) is 9.03. The topological polar surface area (TPSA) is 87.7 Å². The second kappa shape index (κ2) is 14.0. The highest BCUT2D eigenvalue weighted by molar-refractivity contribution is 8.00. The summed E-state index contributed by atoms with van der Waals surface area (Å²) in [5, 5.41) is 8.01. The van der Waals surface area contributed by atoms with Gasteiger partial charge in [-0.15, -0.1) is 34.9 Å². The van der Waals surface area contributed by atoms with E-state index in [0.29, 0.717) is 16.3 Å². The molecule has 0 fully saturated rings. The maximum atomic E-state index is 13.7. The smallest absolute Gasteiger partial charge is 0.341 e. The molecule has 0 bridgehead atoms. The van der Waals surface area contributed by atoms with Gasteiger partial charge >= 0.3 is 12.0 Å². The van der Waals surface area contributed by atoms with Crippen LogP contribution in [0, 0.1) is 6.92 Å². The first-order valence-corrected chi connectivity index (χ1v) is 17.6. The van der Waals surface area contributed by atoms with Crippen LogP contribution >= 0.6 is 34.9 Å². The van der Waals surface area contributed by atoms with Crippen LogP contribution in [0.2, 0.25) is 0 Å². The number of amides is 3. The Morgan fingerprint density at radius 1 is 0.978 bits per heavy atom. The van der Waals surface area contributed by atoms with Gasteiger partial charge in [0.15, 0.2) is 0 Å². The summed E-state index contributed by atoms with van der Waals surface area (Å²) in [5.74, 6) is -0.716. The lowest BCUT2D eigenvalue weighted by molar-refractivity contribution is -0.115. The van der Waals surface area contributed by atoms with Gasteiger partial charge < -0.3 is 15.4 Å². The Morgan fingerprint density at radius 2 is 1.76 bits per heavy atom. The van der Waals surface area contributed by atoms with Crippen molar-refractivity contribution in [3.05, 3.63) is 114 Å². The molecule has 2 aliphatic rings. The predicted molar refractivity (Wildman–Crippen MR) is 190 cm³/mol. The lowest BCUT2D eigenvalue weighted by Gasteiger charge is -2.40. The maximum absolute atomic E-state index is 13.7. The average molecular weight is 668 g/mol. The molecule has 3 amide bonds. The molecule has 46 heavy (non-hydrogen) atoms. The number of thiophene rings is 1. The molecule has 3 aromatic carbocycles. The molecule has 3 atom stereocenters. The van der Waals surface area contributed by atoms with E-state index < -0.39 is 11.2 Å². The quantitative estimate of drug-likeness (QED) is 0.144. The lowest BCUT2D eigenvalue weighted by Crippen LogP contribution is -2.49. The molecule has 3 unspecified atom stereocenters. The lowest BCUT2D eigenvalue weighted by atomic mass is 10.0. The van der Waals surface area contributed by atoms with Crippen molar-refractivity contribution >= 4 is 69.1 Å². The SMILES string of the molecule is CCOC(=O)c1c(-c2ccc(C)cc2)csc1NC(=O)C(C)Sc1cccc(NC(=O)N2c3ccccc3SC3C=CC=CC32)c1. The van der Waals surface area contributed by atoms with E-state index in [1.54, 1.807) is 18.7 Å². The second-order valence-electron chi connectivity index (χ2n) is 10.8. The fraction of sp³-hybridized carbons (Fsp3) is 0.194.